The molecule has 4 rings (SSSR count). The van der Waals surface area contributed by atoms with Gasteiger partial charge >= 0.3 is 5.69 Å². The summed E-state index contributed by atoms with van der Waals surface area (Å²) in [4.78, 5) is 35.8. The van der Waals surface area contributed by atoms with Crippen molar-refractivity contribution in [3.63, 3.8) is 0 Å². The maximum absolute atomic E-state index is 12.6. The number of aryl methyl sites for hydroxylation is 2. The molecule has 0 bridgehead atoms. The van der Waals surface area contributed by atoms with Gasteiger partial charge in [-0.15, -0.1) is 0 Å². The minimum atomic E-state index is -0.804. The van der Waals surface area contributed by atoms with Crippen molar-refractivity contribution in [3.05, 3.63) is 74.3 Å². The fraction of sp³-hybridized carbons (Fsp3) is 0.100. The van der Waals surface area contributed by atoms with E-state index < -0.39 is 11.6 Å². The first-order valence-electron chi connectivity index (χ1n) is 8.87. The molecule has 0 fully saturated rings. The molecule has 0 aliphatic heterocycles. The Morgan fingerprint density at radius 3 is 2.63 bits per heavy atom. The average Bonchev–Trinajstić information content (AvgIpc) is 3.03. The molecule has 0 saturated heterocycles. The number of phenolic OH excluding ortho intramolecular Hbond substituents is 1. The molecule has 0 radical (unpaired) electrons. The fourth-order valence-corrected chi connectivity index (χ4v) is 3.45. The number of aromatic amines is 1. The van der Waals surface area contributed by atoms with Crippen molar-refractivity contribution in [3.8, 4) is 17.1 Å². The van der Waals surface area contributed by atoms with E-state index in [1.54, 1.807) is 24.3 Å². The lowest BCUT2D eigenvalue weighted by Gasteiger charge is -2.07. The number of nitrogens with one attached hydrogen (secondary N) is 1. The lowest BCUT2D eigenvalue weighted by molar-refractivity contribution is 0.0997. The lowest BCUT2D eigenvalue weighted by atomic mass is 10.1. The van der Waals surface area contributed by atoms with E-state index >= 15 is 0 Å². The Morgan fingerprint density at radius 2 is 1.93 bits per heavy atom. The largest absolute Gasteiger partial charge is 0.508 e. The summed E-state index contributed by atoms with van der Waals surface area (Å²) < 4.78 is 1.40. The van der Waals surface area contributed by atoms with E-state index in [2.05, 4.69) is 15.0 Å². The molecule has 10 heteroatoms. The minimum Gasteiger partial charge on any atom is -0.508 e. The smallest absolute Gasteiger partial charge is 0.327 e. The highest BCUT2D eigenvalue weighted by Gasteiger charge is 2.19. The van der Waals surface area contributed by atoms with Crippen LogP contribution in [0.3, 0.4) is 0 Å². The number of nitrogens with zero attached hydrogens (tertiary/aromatic N) is 3. The van der Waals surface area contributed by atoms with Crippen LogP contribution in [0.2, 0.25) is 10.0 Å². The average molecular weight is 444 g/mol. The van der Waals surface area contributed by atoms with Crippen LogP contribution in [0, 0.1) is 0 Å². The number of hydrogen-bond acceptors (Lipinski definition) is 5. The quantitative estimate of drug-likeness (QED) is 0.436. The van der Waals surface area contributed by atoms with Crippen LogP contribution in [-0.4, -0.2) is 30.5 Å². The number of phenols is 1. The summed E-state index contributed by atoms with van der Waals surface area (Å²) in [5, 5.41) is 10.6. The van der Waals surface area contributed by atoms with Crippen molar-refractivity contribution < 1.29 is 9.90 Å². The molecule has 1 amide bonds. The Labute approximate surface area is 179 Å². The number of halogens is 2. The van der Waals surface area contributed by atoms with Gasteiger partial charge in [-0.05, 0) is 36.2 Å². The van der Waals surface area contributed by atoms with E-state index in [9.17, 15) is 14.7 Å². The molecule has 0 aliphatic rings. The summed E-state index contributed by atoms with van der Waals surface area (Å²) in [6, 6.07) is 11.5. The maximum Gasteiger partial charge on any atom is 0.327 e. The highest BCUT2D eigenvalue weighted by molar-refractivity contribution is 6.42. The first-order chi connectivity index (χ1) is 14.3. The van der Waals surface area contributed by atoms with Crippen LogP contribution in [0.5, 0.6) is 5.75 Å². The number of rotatable bonds is 5. The van der Waals surface area contributed by atoms with E-state index in [0.717, 1.165) is 5.56 Å². The molecule has 152 valence electrons. The summed E-state index contributed by atoms with van der Waals surface area (Å²) in [5.74, 6) is -0.626. The Morgan fingerprint density at radius 1 is 1.13 bits per heavy atom. The number of primary amides is 1. The van der Waals surface area contributed by atoms with Gasteiger partial charge in [0, 0.05) is 12.1 Å². The molecule has 0 unspecified atom stereocenters. The molecule has 0 saturated carbocycles. The molecular weight excluding hydrogens is 429 g/mol. The van der Waals surface area contributed by atoms with Crippen molar-refractivity contribution in [2.24, 2.45) is 5.73 Å². The molecule has 0 aliphatic carbocycles. The normalized spacial score (nSPS) is 11.1. The topological polar surface area (TPSA) is 127 Å². The maximum atomic E-state index is 12.6. The van der Waals surface area contributed by atoms with E-state index in [4.69, 9.17) is 28.9 Å². The molecule has 0 spiro atoms. The molecular formula is C20H15Cl2N5O3. The van der Waals surface area contributed by atoms with Gasteiger partial charge in [0.2, 0.25) is 0 Å². The van der Waals surface area contributed by atoms with Crippen LogP contribution >= 0.6 is 23.2 Å². The number of carbonyl (C=O) groups is 1. The van der Waals surface area contributed by atoms with E-state index in [0.29, 0.717) is 22.0 Å². The van der Waals surface area contributed by atoms with Crippen LogP contribution in [0.4, 0.5) is 0 Å². The molecule has 4 aromatic rings. The molecule has 8 nitrogen and oxygen atoms in total. The van der Waals surface area contributed by atoms with Gasteiger partial charge in [0.1, 0.15) is 11.3 Å². The van der Waals surface area contributed by atoms with Crippen molar-refractivity contribution in [1.82, 2.24) is 19.5 Å². The molecule has 4 N–H and O–H groups in total. The highest BCUT2D eigenvalue weighted by atomic mass is 35.5. The van der Waals surface area contributed by atoms with Crippen LogP contribution in [0.25, 0.3) is 22.6 Å². The Kier molecular flexibility index (Phi) is 5.19. The Bertz CT molecular complexity index is 1350. The van der Waals surface area contributed by atoms with Gasteiger partial charge in [-0.1, -0.05) is 41.4 Å². The van der Waals surface area contributed by atoms with Gasteiger partial charge in [0.15, 0.2) is 17.2 Å². The number of fused-ring (bicyclic) bond motifs is 1. The predicted molar refractivity (Wildman–Crippen MR) is 114 cm³/mol. The zero-order chi connectivity index (χ0) is 21.4. The third kappa shape index (κ3) is 3.74. The second-order valence-corrected chi connectivity index (χ2v) is 7.40. The predicted octanol–water partition coefficient (Wildman–Crippen LogP) is 3.14. The van der Waals surface area contributed by atoms with Gasteiger partial charge in [0.25, 0.3) is 5.91 Å². The second-order valence-electron chi connectivity index (χ2n) is 6.59. The zero-order valence-corrected chi connectivity index (χ0v) is 16.9. The van der Waals surface area contributed by atoms with Crippen molar-refractivity contribution in [2.45, 2.75) is 13.0 Å². The van der Waals surface area contributed by atoms with Crippen LogP contribution in [0.1, 0.15) is 16.1 Å². The Hall–Kier alpha value is -3.36. The molecule has 2 aromatic heterocycles. The summed E-state index contributed by atoms with van der Waals surface area (Å²) in [6.45, 7) is 0.269. The van der Waals surface area contributed by atoms with Crippen molar-refractivity contribution in [2.75, 3.05) is 0 Å². The monoisotopic (exact) mass is 443 g/mol. The Balaban J connectivity index is 1.81. The summed E-state index contributed by atoms with van der Waals surface area (Å²) in [7, 11) is 0. The van der Waals surface area contributed by atoms with Gasteiger partial charge in [-0.25, -0.2) is 14.8 Å². The number of amides is 1. The van der Waals surface area contributed by atoms with Gasteiger partial charge in [-0.3, -0.25) is 9.36 Å². The number of H-pyrrole nitrogens is 1. The van der Waals surface area contributed by atoms with Gasteiger partial charge in [-0.2, -0.15) is 0 Å². The summed E-state index contributed by atoms with van der Waals surface area (Å²) in [5.41, 5.74) is 6.67. The van der Waals surface area contributed by atoms with Crippen LogP contribution < -0.4 is 11.4 Å². The van der Waals surface area contributed by atoms with Crippen LogP contribution in [0.15, 0.2) is 47.3 Å². The standard InChI is InChI=1S/C20H15Cl2N5O3/c21-13-5-4-10(8-14(13)22)6-7-27-19-16(25-20(27)30)15(17(23)29)24-18(26-19)11-2-1-3-12(28)9-11/h1-5,8-9,28H,6-7H2,(H2,23,29)(H,25,30). The lowest BCUT2D eigenvalue weighted by Crippen LogP contribution is -2.18. The number of aromatic nitrogens is 4. The molecule has 2 heterocycles. The van der Waals surface area contributed by atoms with Crippen LogP contribution in [-0.2, 0) is 13.0 Å². The van der Waals surface area contributed by atoms with Gasteiger partial charge < -0.3 is 15.8 Å². The number of imidazole rings is 1. The first kappa shape index (κ1) is 19.9. The third-order valence-corrected chi connectivity index (χ3v) is 5.31. The first-order valence-corrected chi connectivity index (χ1v) is 9.63. The number of hydrogen-bond donors (Lipinski definition) is 3. The summed E-state index contributed by atoms with van der Waals surface area (Å²) in [6.07, 6.45) is 0.473. The molecule has 30 heavy (non-hydrogen) atoms. The highest BCUT2D eigenvalue weighted by Crippen LogP contribution is 2.25. The minimum absolute atomic E-state index is 0.0166. The van der Waals surface area contributed by atoms with Gasteiger partial charge in [0.05, 0.1) is 10.0 Å². The third-order valence-electron chi connectivity index (χ3n) is 4.57. The van der Waals surface area contributed by atoms with E-state index in [1.165, 1.54) is 16.7 Å². The molecule has 0 atom stereocenters. The number of benzene rings is 2. The van der Waals surface area contributed by atoms with Crippen molar-refractivity contribution >= 4 is 40.3 Å². The van der Waals surface area contributed by atoms with E-state index in [-0.39, 0.29) is 35.0 Å². The SMILES string of the molecule is NC(=O)c1nc(-c2cccc(O)c2)nc2c1[nH]c(=O)n2CCc1ccc(Cl)c(Cl)c1. The zero-order valence-electron chi connectivity index (χ0n) is 15.4. The van der Waals surface area contributed by atoms with Crippen molar-refractivity contribution in [1.29, 1.82) is 0 Å². The second kappa shape index (κ2) is 7.81. The number of nitrogens with two attached hydrogens (primary N) is 1. The number of aromatic hydroxyl groups is 1. The van der Waals surface area contributed by atoms with E-state index in [1.807, 2.05) is 6.07 Å². The molecule has 2 aromatic carbocycles. The number of carbonyl (C=O) groups excluding carboxylic acids is 1. The summed E-state index contributed by atoms with van der Waals surface area (Å²) >= 11 is 12.0. The fourth-order valence-electron chi connectivity index (χ4n) is 3.13.